The highest BCUT2D eigenvalue weighted by molar-refractivity contribution is 5.95. The molecule has 26 heavy (non-hydrogen) atoms. The maximum absolute atomic E-state index is 12.6. The van der Waals surface area contributed by atoms with Crippen molar-refractivity contribution in [1.29, 1.82) is 0 Å². The van der Waals surface area contributed by atoms with E-state index in [0.29, 0.717) is 22.4 Å². The van der Waals surface area contributed by atoms with Gasteiger partial charge in [-0.1, -0.05) is 18.2 Å². The van der Waals surface area contributed by atoms with E-state index in [1.807, 2.05) is 0 Å². The summed E-state index contributed by atoms with van der Waals surface area (Å²) in [5, 5.41) is 0.473. The van der Waals surface area contributed by atoms with Crippen LogP contribution in [0.1, 0.15) is 29.2 Å². The minimum absolute atomic E-state index is 0.174. The Morgan fingerprint density at radius 2 is 1.69 bits per heavy atom. The van der Waals surface area contributed by atoms with Crippen molar-refractivity contribution in [3.05, 3.63) is 64.2 Å². The lowest BCUT2D eigenvalue weighted by molar-refractivity contribution is 0.0313. The number of hydrogen-bond acceptors (Lipinski definition) is 6. The van der Waals surface area contributed by atoms with Crippen LogP contribution in [0.15, 0.2) is 47.3 Å². The van der Waals surface area contributed by atoms with E-state index in [4.69, 9.17) is 14.2 Å². The molecule has 7 nitrogen and oxygen atoms in total. The lowest BCUT2D eigenvalue weighted by atomic mass is 10.1. The number of rotatable bonds is 5. The van der Waals surface area contributed by atoms with Crippen LogP contribution in [0.25, 0.3) is 10.9 Å². The van der Waals surface area contributed by atoms with E-state index < -0.39 is 12.1 Å². The number of benzene rings is 2. The Hall–Kier alpha value is -3.35. The average Bonchev–Trinajstić information content (AvgIpc) is 2.67. The monoisotopic (exact) mass is 354 g/mol. The smallest absolute Gasteiger partial charge is 0.346 e. The van der Waals surface area contributed by atoms with Gasteiger partial charge in [0.2, 0.25) is 0 Å². The molecule has 2 aromatic carbocycles. The van der Waals surface area contributed by atoms with Gasteiger partial charge in [0.05, 0.1) is 25.1 Å². The molecule has 0 radical (unpaired) electrons. The van der Waals surface area contributed by atoms with Gasteiger partial charge in [-0.2, -0.15) is 0 Å². The van der Waals surface area contributed by atoms with Crippen molar-refractivity contribution in [2.24, 2.45) is 0 Å². The first kappa shape index (κ1) is 17.5. The summed E-state index contributed by atoms with van der Waals surface area (Å²) >= 11 is 0. The molecule has 0 aliphatic carbocycles. The normalized spacial score (nSPS) is 11.8. The molecular formula is C19H18N2O5. The number of methoxy groups -OCH3 is 2. The zero-order valence-corrected chi connectivity index (χ0v) is 14.6. The standard InChI is InChI=1S/C19H18N2O5/c1-11(17-20-13-8-5-4-7-12(13)18(22)21-17)26-19(23)16-14(24-2)9-6-10-15(16)25-3/h4-11H,1-3H3,(H,20,21,22). The predicted molar refractivity (Wildman–Crippen MR) is 95.7 cm³/mol. The summed E-state index contributed by atoms with van der Waals surface area (Å²) in [5.41, 5.74) is 0.417. The number of para-hydroxylation sites is 1. The van der Waals surface area contributed by atoms with E-state index in [-0.39, 0.29) is 16.9 Å². The Balaban J connectivity index is 1.92. The van der Waals surface area contributed by atoms with Crippen LogP contribution in [-0.4, -0.2) is 30.2 Å². The van der Waals surface area contributed by atoms with E-state index in [0.717, 1.165) is 0 Å². The number of aromatic nitrogens is 2. The number of ether oxygens (including phenoxy) is 3. The summed E-state index contributed by atoms with van der Waals surface area (Å²) < 4.78 is 15.9. The first-order valence-electron chi connectivity index (χ1n) is 7.96. The van der Waals surface area contributed by atoms with E-state index in [2.05, 4.69) is 9.97 Å². The molecule has 0 saturated carbocycles. The van der Waals surface area contributed by atoms with Gasteiger partial charge in [0.1, 0.15) is 17.1 Å². The molecule has 1 heterocycles. The fraction of sp³-hybridized carbons (Fsp3) is 0.211. The number of esters is 1. The molecule has 0 spiro atoms. The van der Waals surface area contributed by atoms with Crippen LogP contribution in [0.3, 0.4) is 0 Å². The summed E-state index contributed by atoms with van der Waals surface area (Å²) in [6.07, 6.45) is -0.769. The predicted octanol–water partition coefficient (Wildman–Crippen LogP) is 2.86. The van der Waals surface area contributed by atoms with Gasteiger partial charge in [-0.25, -0.2) is 9.78 Å². The Morgan fingerprint density at radius 3 is 2.35 bits per heavy atom. The molecule has 1 atom stereocenters. The first-order chi connectivity index (χ1) is 12.5. The number of carbonyl (C=O) groups excluding carboxylic acids is 1. The van der Waals surface area contributed by atoms with Crippen LogP contribution in [0, 0.1) is 0 Å². The third-order valence-corrected chi connectivity index (χ3v) is 3.93. The van der Waals surface area contributed by atoms with Gasteiger partial charge in [0.25, 0.3) is 5.56 Å². The number of aromatic amines is 1. The maximum atomic E-state index is 12.6. The second-order valence-electron chi connectivity index (χ2n) is 5.55. The molecule has 3 rings (SSSR count). The van der Waals surface area contributed by atoms with Crippen LogP contribution in [0.5, 0.6) is 11.5 Å². The molecule has 1 unspecified atom stereocenters. The molecule has 3 aromatic rings. The molecule has 7 heteroatoms. The van der Waals surface area contributed by atoms with Crippen molar-refractivity contribution in [3.63, 3.8) is 0 Å². The molecule has 0 amide bonds. The lowest BCUT2D eigenvalue weighted by Crippen LogP contribution is -2.18. The van der Waals surface area contributed by atoms with Crippen molar-refractivity contribution in [2.75, 3.05) is 14.2 Å². The first-order valence-corrected chi connectivity index (χ1v) is 7.96. The second kappa shape index (κ2) is 7.26. The Labute approximate surface area is 149 Å². The van der Waals surface area contributed by atoms with Gasteiger partial charge in [0.15, 0.2) is 11.9 Å². The van der Waals surface area contributed by atoms with Crippen molar-refractivity contribution >= 4 is 16.9 Å². The average molecular weight is 354 g/mol. The highest BCUT2D eigenvalue weighted by Gasteiger charge is 2.23. The van der Waals surface area contributed by atoms with Gasteiger partial charge in [-0.05, 0) is 31.2 Å². The fourth-order valence-corrected chi connectivity index (χ4v) is 2.62. The molecule has 134 valence electrons. The molecular weight excluding hydrogens is 336 g/mol. The van der Waals surface area contributed by atoms with Crippen molar-refractivity contribution < 1.29 is 19.0 Å². The SMILES string of the molecule is COc1cccc(OC)c1C(=O)OC(C)c1nc2ccccc2c(=O)[nH]1. The molecule has 1 N–H and O–H groups in total. The fourth-order valence-electron chi connectivity index (χ4n) is 2.62. The van der Waals surface area contributed by atoms with Crippen LogP contribution in [0.2, 0.25) is 0 Å². The summed E-state index contributed by atoms with van der Waals surface area (Å²) in [5.74, 6) is 0.293. The summed E-state index contributed by atoms with van der Waals surface area (Å²) in [4.78, 5) is 31.8. The third-order valence-electron chi connectivity index (χ3n) is 3.93. The molecule has 0 aliphatic heterocycles. The van der Waals surface area contributed by atoms with Crippen LogP contribution in [-0.2, 0) is 4.74 Å². The Kier molecular flexibility index (Phi) is 4.88. The zero-order valence-electron chi connectivity index (χ0n) is 14.6. The van der Waals surface area contributed by atoms with Gasteiger partial charge in [-0.15, -0.1) is 0 Å². The topological polar surface area (TPSA) is 90.5 Å². The lowest BCUT2D eigenvalue weighted by Gasteiger charge is -2.16. The summed E-state index contributed by atoms with van der Waals surface area (Å²) in [7, 11) is 2.91. The molecule has 0 saturated heterocycles. The second-order valence-corrected chi connectivity index (χ2v) is 5.55. The molecule has 0 aliphatic rings. The van der Waals surface area contributed by atoms with Crippen LogP contribution < -0.4 is 15.0 Å². The number of H-pyrrole nitrogens is 1. The number of hydrogen-bond donors (Lipinski definition) is 1. The summed E-state index contributed by atoms with van der Waals surface area (Å²) in [6.45, 7) is 1.63. The highest BCUT2D eigenvalue weighted by Crippen LogP contribution is 2.30. The van der Waals surface area contributed by atoms with Crippen molar-refractivity contribution in [3.8, 4) is 11.5 Å². The molecule has 0 fully saturated rings. The minimum atomic E-state index is -0.769. The Morgan fingerprint density at radius 1 is 1.04 bits per heavy atom. The third kappa shape index (κ3) is 3.23. The largest absolute Gasteiger partial charge is 0.496 e. The summed E-state index contributed by atoms with van der Waals surface area (Å²) in [6, 6.07) is 11.9. The van der Waals surface area contributed by atoms with Gasteiger partial charge in [-0.3, -0.25) is 4.79 Å². The van der Waals surface area contributed by atoms with Crippen LogP contribution >= 0.6 is 0 Å². The van der Waals surface area contributed by atoms with Crippen molar-refractivity contribution in [2.45, 2.75) is 13.0 Å². The molecule has 0 bridgehead atoms. The number of fused-ring (bicyclic) bond motifs is 1. The number of nitrogens with zero attached hydrogens (tertiary/aromatic N) is 1. The van der Waals surface area contributed by atoms with Gasteiger partial charge in [0, 0.05) is 0 Å². The van der Waals surface area contributed by atoms with E-state index in [9.17, 15) is 9.59 Å². The van der Waals surface area contributed by atoms with E-state index >= 15 is 0 Å². The highest BCUT2D eigenvalue weighted by atomic mass is 16.5. The van der Waals surface area contributed by atoms with Gasteiger partial charge < -0.3 is 19.2 Å². The number of nitrogens with one attached hydrogen (secondary N) is 1. The van der Waals surface area contributed by atoms with Gasteiger partial charge >= 0.3 is 5.97 Å². The molecule has 1 aromatic heterocycles. The quantitative estimate of drug-likeness (QED) is 0.709. The van der Waals surface area contributed by atoms with E-state index in [1.54, 1.807) is 49.4 Å². The maximum Gasteiger partial charge on any atom is 0.346 e. The minimum Gasteiger partial charge on any atom is -0.496 e. The van der Waals surface area contributed by atoms with E-state index in [1.165, 1.54) is 14.2 Å². The Bertz CT molecular complexity index is 990. The van der Waals surface area contributed by atoms with Crippen LogP contribution in [0.4, 0.5) is 0 Å². The zero-order chi connectivity index (χ0) is 18.7. The number of carbonyl (C=O) groups is 1. The van der Waals surface area contributed by atoms with Crippen molar-refractivity contribution in [1.82, 2.24) is 9.97 Å².